The van der Waals surface area contributed by atoms with Crippen molar-refractivity contribution in [3.8, 4) is 56.4 Å². The largest absolute Gasteiger partial charge is 0.363 e. The fourth-order valence-electron chi connectivity index (χ4n) is 6.19. The molecule has 7 aromatic rings. The lowest BCUT2D eigenvalue weighted by Gasteiger charge is -2.24. The predicted molar refractivity (Wildman–Crippen MR) is 189 cm³/mol. The topological polar surface area (TPSA) is 53.9 Å². The molecule has 0 saturated heterocycles. The summed E-state index contributed by atoms with van der Waals surface area (Å²) < 4.78 is 0. The molecule has 5 heteroatoms. The maximum absolute atomic E-state index is 4.90. The highest BCUT2D eigenvalue weighted by molar-refractivity contribution is 5.86. The summed E-state index contributed by atoms with van der Waals surface area (Å²) in [5.74, 6) is 1.96. The molecule has 8 rings (SSSR count). The third-order valence-electron chi connectivity index (χ3n) is 8.45. The summed E-state index contributed by atoms with van der Waals surface area (Å²) in [7, 11) is 0. The van der Waals surface area contributed by atoms with Gasteiger partial charge in [-0.15, -0.1) is 0 Å². The van der Waals surface area contributed by atoms with Gasteiger partial charge in [0.25, 0.3) is 0 Å². The number of para-hydroxylation sites is 2. The van der Waals surface area contributed by atoms with Crippen LogP contribution >= 0.6 is 0 Å². The van der Waals surface area contributed by atoms with Gasteiger partial charge in [0.15, 0.2) is 17.5 Å². The minimum absolute atomic E-state index is 0.186. The first-order valence-electron chi connectivity index (χ1n) is 15.5. The first kappa shape index (κ1) is 27.5. The van der Waals surface area contributed by atoms with Gasteiger partial charge in [-0.2, -0.15) is 0 Å². The van der Waals surface area contributed by atoms with Gasteiger partial charge in [0, 0.05) is 22.4 Å². The van der Waals surface area contributed by atoms with Crippen LogP contribution in [0.2, 0.25) is 0 Å². The van der Waals surface area contributed by atoms with E-state index in [-0.39, 0.29) is 6.17 Å². The molecule has 0 spiro atoms. The number of anilines is 3. The SMILES string of the molecule is CC1Nc2ccccc2N1c1ccc(-c2ccccc2-c2ccc(-c3nc(-c4ccccc4)nc(-c4ccccc4)n3)cc2)cc1. The molecule has 2 heterocycles. The molecule has 0 fully saturated rings. The third kappa shape index (κ3) is 5.18. The second kappa shape index (κ2) is 11.8. The van der Waals surface area contributed by atoms with Crippen LogP contribution in [0.15, 0.2) is 158 Å². The van der Waals surface area contributed by atoms with Crippen LogP contribution in [-0.4, -0.2) is 21.1 Å². The standard InChI is InChI=1S/C41H31N5/c1-28-42-37-18-10-11-19-38(37)46(28)34-26-24-30(25-27-34)36-17-9-8-16-35(36)29-20-22-33(23-21-29)41-44-39(31-12-4-2-5-13-31)43-40(45-41)32-14-6-3-7-15-32/h2-28,42H,1H3. The molecule has 5 nitrogen and oxygen atoms in total. The molecular weight excluding hydrogens is 562 g/mol. The number of benzene rings is 6. The average molecular weight is 594 g/mol. The highest BCUT2D eigenvalue weighted by Gasteiger charge is 2.26. The molecule has 1 atom stereocenters. The number of hydrogen-bond acceptors (Lipinski definition) is 5. The van der Waals surface area contributed by atoms with Crippen molar-refractivity contribution in [1.82, 2.24) is 15.0 Å². The van der Waals surface area contributed by atoms with Crippen molar-refractivity contribution >= 4 is 17.1 Å². The highest BCUT2D eigenvalue weighted by atomic mass is 15.3. The Bertz CT molecular complexity index is 2070. The summed E-state index contributed by atoms with van der Waals surface area (Å²) >= 11 is 0. The first-order valence-corrected chi connectivity index (χ1v) is 15.5. The van der Waals surface area contributed by atoms with Crippen molar-refractivity contribution in [2.45, 2.75) is 13.1 Å². The summed E-state index contributed by atoms with van der Waals surface area (Å²) in [6, 6.07) is 54.6. The van der Waals surface area contributed by atoms with E-state index < -0.39 is 0 Å². The van der Waals surface area contributed by atoms with Gasteiger partial charge in [-0.1, -0.05) is 133 Å². The molecule has 0 bridgehead atoms. The van der Waals surface area contributed by atoms with Crippen LogP contribution in [0.1, 0.15) is 6.92 Å². The van der Waals surface area contributed by atoms with Crippen molar-refractivity contribution in [3.05, 3.63) is 158 Å². The van der Waals surface area contributed by atoms with Crippen LogP contribution in [0.4, 0.5) is 17.1 Å². The summed E-state index contributed by atoms with van der Waals surface area (Å²) in [5, 5.41) is 3.58. The lowest BCUT2D eigenvalue weighted by Crippen LogP contribution is -2.28. The van der Waals surface area contributed by atoms with Crippen LogP contribution in [0.5, 0.6) is 0 Å². The summed E-state index contributed by atoms with van der Waals surface area (Å²) in [5.41, 5.74) is 11.1. The van der Waals surface area contributed by atoms with Gasteiger partial charge in [0.2, 0.25) is 0 Å². The van der Waals surface area contributed by atoms with Crippen molar-refractivity contribution in [1.29, 1.82) is 0 Å². The van der Waals surface area contributed by atoms with Gasteiger partial charge in [-0.05, 0) is 53.4 Å². The van der Waals surface area contributed by atoms with Crippen LogP contribution < -0.4 is 10.2 Å². The Morgan fingerprint density at radius 3 is 1.39 bits per heavy atom. The van der Waals surface area contributed by atoms with Gasteiger partial charge >= 0.3 is 0 Å². The van der Waals surface area contributed by atoms with E-state index in [1.54, 1.807) is 0 Å². The van der Waals surface area contributed by atoms with Crippen LogP contribution in [-0.2, 0) is 0 Å². The Kier molecular flexibility index (Phi) is 7.04. The van der Waals surface area contributed by atoms with Crippen molar-refractivity contribution in [2.24, 2.45) is 0 Å². The zero-order valence-electron chi connectivity index (χ0n) is 25.4. The second-order valence-corrected chi connectivity index (χ2v) is 11.4. The van der Waals surface area contributed by atoms with Crippen LogP contribution in [0.25, 0.3) is 56.4 Å². The second-order valence-electron chi connectivity index (χ2n) is 11.4. The maximum atomic E-state index is 4.90. The first-order chi connectivity index (χ1) is 22.7. The van der Waals surface area contributed by atoms with Gasteiger partial charge < -0.3 is 10.2 Å². The van der Waals surface area contributed by atoms with Crippen LogP contribution in [0, 0.1) is 0 Å². The number of fused-ring (bicyclic) bond motifs is 1. The molecule has 0 amide bonds. The third-order valence-corrected chi connectivity index (χ3v) is 8.45. The molecule has 220 valence electrons. The van der Waals surface area contributed by atoms with E-state index in [2.05, 4.69) is 114 Å². The van der Waals surface area contributed by atoms with Gasteiger partial charge in [0.05, 0.1) is 11.4 Å². The normalized spacial score (nSPS) is 13.7. The lowest BCUT2D eigenvalue weighted by atomic mass is 9.94. The number of aromatic nitrogens is 3. The summed E-state index contributed by atoms with van der Waals surface area (Å²) in [6.45, 7) is 2.19. The number of hydrogen-bond donors (Lipinski definition) is 1. The fraction of sp³-hybridized carbons (Fsp3) is 0.0488. The molecule has 1 aliphatic rings. The minimum Gasteiger partial charge on any atom is -0.363 e. The maximum Gasteiger partial charge on any atom is 0.164 e. The van der Waals surface area contributed by atoms with Crippen molar-refractivity contribution in [3.63, 3.8) is 0 Å². The Morgan fingerprint density at radius 1 is 0.435 bits per heavy atom. The zero-order valence-corrected chi connectivity index (χ0v) is 25.4. The van der Waals surface area contributed by atoms with E-state index in [0.29, 0.717) is 17.5 Å². The van der Waals surface area contributed by atoms with Gasteiger partial charge in [0.1, 0.15) is 6.17 Å². The monoisotopic (exact) mass is 593 g/mol. The molecule has 6 aromatic carbocycles. The average Bonchev–Trinajstić information content (AvgIpc) is 3.48. The Hall–Kier alpha value is -6.07. The molecule has 1 aliphatic heterocycles. The van der Waals surface area contributed by atoms with Crippen LogP contribution in [0.3, 0.4) is 0 Å². The Balaban J connectivity index is 1.12. The summed E-state index contributed by atoms with van der Waals surface area (Å²) in [6.07, 6.45) is 0.186. The summed E-state index contributed by atoms with van der Waals surface area (Å²) in [4.78, 5) is 17.0. The molecule has 1 N–H and O–H groups in total. The van der Waals surface area contributed by atoms with Crippen molar-refractivity contribution in [2.75, 3.05) is 10.2 Å². The fourth-order valence-corrected chi connectivity index (χ4v) is 6.19. The Morgan fingerprint density at radius 2 is 0.848 bits per heavy atom. The van der Waals surface area contributed by atoms with E-state index in [0.717, 1.165) is 33.6 Å². The minimum atomic E-state index is 0.186. The number of rotatable bonds is 6. The molecule has 1 unspecified atom stereocenters. The molecule has 0 radical (unpaired) electrons. The van der Waals surface area contributed by atoms with E-state index in [1.165, 1.54) is 22.4 Å². The quantitative estimate of drug-likeness (QED) is 0.208. The molecular formula is C41H31N5. The molecule has 0 saturated carbocycles. The molecule has 1 aromatic heterocycles. The van der Waals surface area contributed by atoms with Crippen molar-refractivity contribution < 1.29 is 0 Å². The van der Waals surface area contributed by atoms with E-state index in [9.17, 15) is 0 Å². The van der Waals surface area contributed by atoms with E-state index in [1.807, 2.05) is 60.7 Å². The molecule has 0 aliphatic carbocycles. The number of nitrogens with zero attached hydrogens (tertiary/aromatic N) is 4. The van der Waals surface area contributed by atoms with Gasteiger partial charge in [-0.3, -0.25) is 0 Å². The predicted octanol–water partition coefficient (Wildman–Crippen LogP) is 10.1. The Labute approximate surface area is 268 Å². The van der Waals surface area contributed by atoms with Gasteiger partial charge in [-0.25, -0.2) is 15.0 Å². The number of nitrogens with one attached hydrogen (secondary N) is 1. The lowest BCUT2D eigenvalue weighted by molar-refractivity contribution is 0.843. The van der Waals surface area contributed by atoms with E-state index in [4.69, 9.17) is 15.0 Å². The smallest absolute Gasteiger partial charge is 0.164 e. The molecule has 46 heavy (non-hydrogen) atoms. The van der Waals surface area contributed by atoms with E-state index >= 15 is 0 Å². The highest BCUT2D eigenvalue weighted by Crippen LogP contribution is 2.41. The zero-order chi connectivity index (χ0) is 30.9.